The molecule has 1 unspecified atom stereocenters. The van der Waals surface area contributed by atoms with Gasteiger partial charge >= 0.3 is 6.09 Å². The molecule has 0 saturated carbocycles. The summed E-state index contributed by atoms with van der Waals surface area (Å²) in [5, 5.41) is 12.7. The van der Waals surface area contributed by atoms with Crippen LogP contribution in [0.2, 0.25) is 0 Å². The van der Waals surface area contributed by atoms with Gasteiger partial charge in [-0.05, 0) is 78.0 Å². The molecular weight excluding hydrogens is 518 g/mol. The number of aromatic nitrogens is 1. The SMILES string of the molecule is COc1cc(NC(C)CCCNC(=O)[C@H](C)NC(=O)[C@H](CCSC)NC(=O)OC(C)(C)C)c2ncccc2c1. The second-order valence-corrected chi connectivity index (χ2v) is 11.4. The first-order chi connectivity index (χ1) is 18.4. The largest absolute Gasteiger partial charge is 0.497 e. The van der Waals surface area contributed by atoms with Crippen LogP contribution in [0, 0.1) is 0 Å². The monoisotopic (exact) mass is 561 g/mol. The Bertz CT molecular complexity index is 1110. The van der Waals surface area contributed by atoms with Gasteiger partial charge in [-0.25, -0.2) is 4.79 Å². The second-order valence-electron chi connectivity index (χ2n) is 10.4. The lowest BCUT2D eigenvalue weighted by Crippen LogP contribution is -2.53. The number of amides is 3. The lowest BCUT2D eigenvalue weighted by Gasteiger charge is -2.24. The molecule has 10 nitrogen and oxygen atoms in total. The number of ether oxygens (including phenoxy) is 2. The van der Waals surface area contributed by atoms with Crippen LogP contribution in [0.4, 0.5) is 10.5 Å². The first-order valence-corrected chi connectivity index (χ1v) is 14.6. The van der Waals surface area contributed by atoms with E-state index in [0.29, 0.717) is 18.7 Å². The molecule has 1 aromatic heterocycles. The number of benzene rings is 1. The predicted molar refractivity (Wildman–Crippen MR) is 157 cm³/mol. The minimum absolute atomic E-state index is 0.132. The summed E-state index contributed by atoms with van der Waals surface area (Å²) in [5.41, 5.74) is 1.09. The molecule has 0 bridgehead atoms. The molecule has 0 fully saturated rings. The topological polar surface area (TPSA) is 131 Å². The zero-order valence-corrected chi connectivity index (χ0v) is 24.9. The highest BCUT2D eigenvalue weighted by molar-refractivity contribution is 7.98. The molecule has 2 rings (SSSR count). The maximum Gasteiger partial charge on any atom is 0.408 e. The Kier molecular flexibility index (Phi) is 12.6. The molecule has 1 aromatic carbocycles. The normalized spacial score (nSPS) is 13.6. The van der Waals surface area contributed by atoms with Gasteiger partial charge in [-0.2, -0.15) is 11.8 Å². The first kappa shape index (κ1) is 32.0. The lowest BCUT2D eigenvalue weighted by molar-refractivity contribution is -0.129. The van der Waals surface area contributed by atoms with Crippen LogP contribution in [0.3, 0.4) is 0 Å². The number of nitrogens with one attached hydrogen (secondary N) is 4. The van der Waals surface area contributed by atoms with Crippen LogP contribution in [0.15, 0.2) is 30.5 Å². The Morgan fingerprint density at radius 3 is 2.49 bits per heavy atom. The second kappa shape index (κ2) is 15.4. The maximum atomic E-state index is 12.8. The molecule has 1 heterocycles. The molecule has 0 aliphatic carbocycles. The van der Waals surface area contributed by atoms with Gasteiger partial charge in [0.2, 0.25) is 11.8 Å². The number of anilines is 1. The molecule has 3 amide bonds. The molecule has 11 heteroatoms. The highest BCUT2D eigenvalue weighted by Crippen LogP contribution is 2.28. The molecule has 0 aliphatic heterocycles. The molecule has 0 aliphatic rings. The summed E-state index contributed by atoms with van der Waals surface area (Å²) in [4.78, 5) is 42.1. The third kappa shape index (κ3) is 11.2. The minimum atomic E-state index is -0.795. The zero-order valence-electron chi connectivity index (χ0n) is 24.1. The number of alkyl carbamates (subject to hydrolysis) is 1. The first-order valence-electron chi connectivity index (χ1n) is 13.2. The van der Waals surface area contributed by atoms with Gasteiger partial charge in [0, 0.05) is 30.2 Å². The quantitative estimate of drug-likeness (QED) is 0.254. The fraction of sp³-hybridized carbons (Fsp3) is 0.571. The summed E-state index contributed by atoms with van der Waals surface area (Å²) in [6.45, 7) is 9.43. The Morgan fingerprint density at radius 2 is 1.82 bits per heavy atom. The summed E-state index contributed by atoms with van der Waals surface area (Å²) < 4.78 is 10.7. The van der Waals surface area contributed by atoms with Crippen molar-refractivity contribution in [1.82, 2.24) is 20.9 Å². The number of thioether (sulfide) groups is 1. The number of fused-ring (bicyclic) bond motifs is 1. The predicted octanol–water partition coefficient (Wildman–Crippen LogP) is 4.09. The molecule has 39 heavy (non-hydrogen) atoms. The van der Waals surface area contributed by atoms with Crippen LogP contribution in [-0.2, 0) is 14.3 Å². The molecule has 0 saturated heterocycles. The van der Waals surface area contributed by atoms with Crippen molar-refractivity contribution < 1.29 is 23.9 Å². The fourth-order valence-electron chi connectivity index (χ4n) is 3.84. The van der Waals surface area contributed by atoms with Crippen molar-refractivity contribution in [3.8, 4) is 5.75 Å². The van der Waals surface area contributed by atoms with Crippen LogP contribution >= 0.6 is 11.8 Å². The summed E-state index contributed by atoms with van der Waals surface area (Å²) >= 11 is 1.56. The van der Waals surface area contributed by atoms with E-state index in [2.05, 4.69) is 33.2 Å². The van der Waals surface area contributed by atoms with Crippen LogP contribution < -0.4 is 26.0 Å². The van der Waals surface area contributed by atoms with Gasteiger partial charge in [0.15, 0.2) is 0 Å². The molecule has 4 N–H and O–H groups in total. The van der Waals surface area contributed by atoms with E-state index in [1.165, 1.54) is 0 Å². The van der Waals surface area contributed by atoms with E-state index in [-0.39, 0.29) is 11.9 Å². The van der Waals surface area contributed by atoms with Crippen molar-refractivity contribution in [2.24, 2.45) is 0 Å². The van der Waals surface area contributed by atoms with Gasteiger partial charge in [0.05, 0.1) is 18.3 Å². The van der Waals surface area contributed by atoms with E-state index in [9.17, 15) is 14.4 Å². The lowest BCUT2D eigenvalue weighted by atomic mass is 10.1. The molecule has 3 atom stereocenters. The molecular formula is C28H43N5O5S. The van der Waals surface area contributed by atoms with Crippen LogP contribution in [0.1, 0.15) is 53.9 Å². The fourth-order valence-corrected chi connectivity index (χ4v) is 4.31. The molecule has 2 aromatic rings. The summed E-state index contributed by atoms with van der Waals surface area (Å²) in [7, 11) is 1.64. The highest BCUT2D eigenvalue weighted by Gasteiger charge is 2.26. The zero-order chi connectivity index (χ0) is 29.0. The number of hydrogen-bond donors (Lipinski definition) is 4. The van der Waals surface area contributed by atoms with Crippen LogP contribution in [-0.4, -0.2) is 72.3 Å². The van der Waals surface area contributed by atoms with Crippen LogP contribution in [0.25, 0.3) is 10.9 Å². The van der Waals surface area contributed by atoms with Crippen molar-refractivity contribution >= 4 is 46.3 Å². The number of hydrogen-bond acceptors (Lipinski definition) is 8. The smallest absolute Gasteiger partial charge is 0.408 e. The number of rotatable bonds is 14. The standard InChI is InChI=1S/C28H43N5O5S/c1-18(31-23-17-21(37-6)16-20-11-9-13-29-24(20)23)10-8-14-30-25(34)19(2)32-26(35)22(12-15-39-7)33-27(36)38-28(3,4)5/h9,11,13,16-19,22,31H,8,10,12,14-15H2,1-7H3,(H,30,34)(H,32,35)(H,33,36)/t18?,19-,22-/m0/s1. The van der Waals surface area contributed by atoms with Gasteiger partial charge in [0.1, 0.15) is 23.4 Å². The van der Waals surface area contributed by atoms with Crippen molar-refractivity contribution in [3.63, 3.8) is 0 Å². The minimum Gasteiger partial charge on any atom is -0.497 e. The highest BCUT2D eigenvalue weighted by atomic mass is 32.2. The number of carbonyl (C=O) groups excluding carboxylic acids is 3. The molecule has 216 valence electrons. The summed E-state index contributed by atoms with van der Waals surface area (Å²) in [5.74, 6) is 0.718. The number of pyridine rings is 1. The van der Waals surface area contributed by atoms with E-state index < -0.39 is 29.7 Å². The molecule has 0 spiro atoms. The van der Waals surface area contributed by atoms with E-state index >= 15 is 0 Å². The maximum absolute atomic E-state index is 12.8. The third-order valence-electron chi connectivity index (χ3n) is 5.80. The Morgan fingerprint density at radius 1 is 1.08 bits per heavy atom. The van der Waals surface area contributed by atoms with Crippen LogP contribution in [0.5, 0.6) is 5.75 Å². The summed E-state index contributed by atoms with van der Waals surface area (Å²) in [6.07, 6.45) is 4.99. The van der Waals surface area contributed by atoms with Gasteiger partial charge in [0.25, 0.3) is 0 Å². The average molecular weight is 562 g/mol. The van der Waals surface area contributed by atoms with E-state index in [4.69, 9.17) is 9.47 Å². The third-order valence-corrected chi connectivity index (χ3v) is 6.44. The van der Waals surface area contributed by atoms with Gasteiger partial charge in [-0.3, -0.25) is 14.6 Å². The van der Waals surface area contributed by atoms with Crippen molar-refractivity contribution in [2.45, 2.75) is 77.6 Å². The van der Waals surface area contributed by atoms with Crippen molar-refractivity contribution in [2.75, 3.05) is 31.0 Å². The van der Waals surface area contributed by atoms with Gasteiger partial charge in [-0.1, -0.05) is 6.07 Å². The van der Waals surface area contributed by atoms with E-state index in [1.807, 2.05) is 30.5 Å². The van der Waals surface area contributed by atoms with E-state index in [0.717, 1.165) is 35.2 Å². The number of carbonyl (C=O) groups is 3. The molecule has 0 radical (unpaired) electrons. The van der Waals surface area contributed by atoms with Crippen molar-refractivity contribution in [1.29, 1.82) is 0 Å². The Balaban J connectivity index is 1.81. The van der Waals surface area contributed by atoms with E-state index in [1.54, 1.807) is 52.8 Å². The van der Waals surface area contributed by atoms with Gasteiger partial charge < -0.3 is 30.7 Å². The summed E-state index contributed by atoms with van der Waals surface area (Å²) in [6, 6.07) is 6.36. The number of nitrogens with zero attached hydrogens (tertiary/aromatic N) is 1. The number of methoxy groups -OCH3 is 1. The Hall–Kier alpha value is -3.21. The van der Waals surface area contributed by atoms with Crippen molar-refractivity contribution in [3.05, 3.63) is 30.5 Å². The Labute approximate surface area is 235 Å². The van der Waals surface area contributed by atoms with Gasteiger partial charge in [-0.15, -0.1) is 0 Å². The average Bonchev–Trinajstić information content (AvgIpc) is 2.87.